The predicted octanol–water partition coefficient (Wildman–Crippen LogP) is 1.98. The maximum absolute atomic E-state index is 10.5. The summed E-state index contributed by atoms with van der Waals surface area (Å²) < 4.78 is 0. The number of thiol groups is 1. The normalized spacial score (nSPS) is 12.5. The van der Waals surface area contributed by atoms with Crippen LogP contribution in [0.3, 0.4) is 0 Å². The van der Waals surface area contributed by atoms with Crippen LogP contribution in [-0.4, -0.2) is 11.4 Å². The Kier molecular flexibility index (Phi) is 2.76. The second kappa shape index (κ2) is 3.63. The fourth-order valence-corrected chi connectivity index (χ4v) is 1.34. The molecule has 0 saturated carbocycles. The van der Waals surface area contributed by atoms with E-state index in [0.29, 0.717) is 4.90 Å². The Morgan fingerprint density at radius 3 is 2.83 bits per heavy atom. The lowest BCUT2D eigenvalue weighted by atomic mass is 10.0. The van der Waals surface area contributed by atoms with Gasteiger partial charge < -0.3 is 9.90 Å². The molecule has 1 rings (SSSR count). The first kappa shape index (κ1) is 9.13. The summed E-state index contributed by atoms with van der Waals surface area (Å²) in [6.07, 6.45) is 0.828. The van der Waals surface area contributed by atoms with Gasteiger partial charge in [0.25, 0.3) is 0 Å². The van der Waals surface area contributed by atoms with Crippen molar-refractivity contribution in [2.75, 3.05) is 0 Å². The number of rotatable bonds is 2. The number of carbonyl (C=O) groups is 1. The van der Waals surface area contributed by atoms with E-state index < -0.39 is 0 Å². The van der Waals surface area contributed by atoms with Crippen LogP contribution in [0.15, 0.2) is 23.1 Å². The van der Waals surface area contributed by atoms with Crippen LogP contribution >= 0.6 is 12.6 Å². The van der Waals surface area contributed by atoms with Crippen molar-refractivity contribution in [1.29, 1.82) is 0 Å². The molecule has 3 heteroatoms. The number of carbonyl (C=O) groups excluding carboxylic acids is 1. The summed E-state index contributed by atoms with van der Waals surface area (Å²) in [6, 6.07) is 5.02. The van der Waals surface area contributed by atoms with Crippen molar-refractivity contribution < 1.29 is 9.90 Å². The summed E-state index contributed by atoms with van der Waals surface area (Å²) in [6.45, 7) is 1.77. The zero-order valence-corrected chi connectivity index (χ0v) is 7.58. The Morgan fingerprint density at radius 1 is 1.58 bits per heavy atom. The van der Waals surface area contributed by atoms with Crippen LogP contribution in [0.25, 0.3) is 0 Å². The van der Waals surface area contributed by atoms with Crippen molar-refractivity contribution in [3.8, 4) is 5.75 Å². The zero-order chi connectivity index (χ0) is 9.14. The van der Waals surface area contributed by atoms with Gasteiger partial charge in [-0.3, -0.25) is 0 Å². The third-order valence-corrected chi connectivity index (χ3v) is 2.23. The average molecular weight is 182 g/mol. The van der Waals surface area contributed by atoms with Crippen molar-refractivity contribution >= 4 is 18.9 Å². The molecule has 0 aliphatic rings. The first-order chi connectivity index (χ1) is 5.66. The standard InChI is InChI=1S/C9H10O2S/c1-6(5-10)7-3-2-4-8(11)9(7)12/h2-6,11-12H,1H3. The van der Waals surface area contributed by atoms with Gasteiger partial charge >= 0.3 is 0 Å². The van der Waals surface area contributed by atoms with Crippen LogP contribution in [0.2, 0.25) is 0 Å². The highest BCUT2D eigenvalue weighted by molar-refractivity contribution is 7.80. The van der Waals surface area contributed by atoms with Gasteiger partial charge in [0, 0.05) is 10.8 Å². The molecule has 0 aliphatic carbocycles. The highest BCUT2D eigenvalue weighted by atomic mass is 32.1. The number of phenols is 1. The number of hydrogen-bond acceptors (Lipinski definition) is 3. The monoisotopic (exact) mass is 182 g/mol. The molecule has 1 N–H and O–H groups in total. The Balaban J connectivity index is 3.15. The minimum absolute atomic E-state index is 0.115. The molecule has 0 amide bonds. The first-order valence-electron chi connectivity index (χ1n) is 3.63. The number of hydrogen-bond donors (Lipinski definition) is 2. The van der Waals surface area contributed by atoms with E-state index in [1.807, 2.05) is 0 Å². The molecule has 1 atom stereocenters. The Morgan fingerprint density at radius 2 is 2.25 bits per heavy atom. The summed E-state index contributed by atoms with van der Waals surface area (Å²) in [4.78, 5) is 10.9. The van der Waals surface area contributed by atoms with E-state index in [1.165, 1.54) is 0 Å². The Bertz CT molecular complexity index is 297. The Labute approximate surface area is 76.6 Å². The van der Waals surface area contributed by atoms with Crippen molar-refractivity contribution in [1.82, 2.24) is 0 Å². The predicted molar refractivity (Wildman–Crippen MR) is 49.8 cm³/mol. The molecule has 0 aromatic heterocycles. The number of aromatic hydroxyl groups is 1. The first-order valence-corrected chi connectivity index (χ1v) is 4.07. The molecule has 0 radical (unpaired) electrons. The van der Waals surface area contributed by atoms with Crippen molar-refractivity contribution in [2.24, 2.45) is 0 Å². The second-order valence-electron chi connectivity index (χ2n) is 2.64. The lowest BCUT2D eigenvalue weighted by molar-refractivity contribution is -0.108. The smallest absolute Gasteiger partial charge is 0.129 e. The summed E-state index contributed by atoms with van der Waals surface area (Å²) in [5, 5.41) is 9.25. The highest BCUT2D eigenvalue weighted by Crippen LogP contribution is 2.29. The van der Waals surface area contributed by atoms with Gasteiger partial charge in [-0.05, 0) is 11.6 Å². The van der Waals surface area contributed by atoms with Gasteiger partial charge in [0.1, 0.15) is 12.0 Å². The largest absolute Gasteiger partial charge is 0.507 e. The number of benzene rings is 1. The minimum Gasteiger partial charge on any atom is -0.507 e. The molecule has 0 spiro atoms. The van der Waals surface area contributed by atoms with E-state index in [0.717, 1.165) is 11.8 Å². The van der Waals surface area contributed by atoms with Gasteiger partial charge in [0.2, 0.25) is 0 Å². The molecule has 0 fully saturated rings. The summed E-state index contributed by atoms with van der Waals surface area (Å²) >= 11 is 4.10. The average Bonchev–Trinajstić information content (AvgIpc) is 2.08. The van der Waals surface area contributed by atoms with Crippen LogP contribution in [-0.2, 0) is 4.79 Å². The summed E-state index contributed by atoms with van der Waals surface area (Å²) in [5.74, 6) is -0.103. The van der Waals surface area contributed by atoms with Gasteiger partial charge in [-0.25, -0.2) is 0 Å². The third kappa shape index (κ3) is 1.61. The van der Waals surface area contributed by atoms with Crippen molar-refractivity contribution in [2.45, 2.75) is 17.7 Å². The molecular weight excluding hydrogens is 172 g/mol. The van der Waals surface area contributed by atoms with Gasteiger partial charge in [-0.2, -0.15) is 0 Å². The van der Waals surface area contributed by atoms with E-state index in [2.05, 4.69) is 12.6 Å². The molecule has 0 bridgehead atoms. The number of aldehydes is 1. The second-order valence-corrected chi connectivity index (χ2v) is 3.09. The van der Waals surface area contributed by atoms with Gasteiger partial charge in [0.05, 0.1) is 0 Å². The maximum Gasteiger partial charge on any atom is 0.129 e. The fourth-order valence-electron chi connectivity index (χ4n) is 0.989. The van der Waals surface area contributed by atoms with Gasteiger partial charge in [-0.1, -0.05) is 19.1 Å². The van der Waals surface area contributed by atoms with E-state index in [-0.39, 0.29) is 11.7 Å². The molecule has 12 heavy (non-hydrogen) atoms. The van der Waals surface area contributed by atoms with Crippen LogP contribution < -0.4 is 0 Å². The molecule has 1 unspecified atom stereocenters. The molecule has 2 nitrogen and oxygen atoms in total. The molecule has 0 saturated heterocycles. The topological polar surface area (TPSA) is 37.3 Å². The SMILES string of the molecule is CC(C=O)c1cccc(O)c1S. The van der Waals surface area contributed by atoms with E-state index >= 15 is 0 Å². The minimum atomic E-state index is -0.218. The Hall–Kier alpha value is -0.960. The van der Waals surface area contributed by atoms with E-state index in [4.69, 9.17) is 0 Å². The zero-order valence-electron chi connectivity index (χ0n) is 6.69. The lowest BCUT2D eigenvalue weighted by Gasteiger charge is -2.08. The van der Waals surface area contributed by atoms with Crippen molar-refractivity contribution in [3.63, 3.8) is 0 Å². The summed E-state index contributed by atoms with van der Waals surface area (Å²) in [5.41, 5.74) is 0.758. The lowest BCUT2D eigenvalue weighted by Crippen LogP contribution is -1.95. The van der Waals surface area contributed by atoms with Gasteiger partial charge in [-0.15, -0.1) is 12.6 Å². The maximum atomic E-state index is 10.5. The molecule has 1 aromatic carbocycles. The molecule has 64 valence electrons. The molecule has 0 heterocycles. The number of phenolic OH excluding ortho intramolecular Hbond substituents is 1. The van der Waals surface area contributed by atoms with E-state index in [9.17, 15) is 9.90 Å². The van der Waals surface area contributed by atoms with Crippen LogP contribution in [0, 0.1) is 0 Å². The van der Waals surface area contributed by atoms with Crippen LogP contribution in [0.5, 0.6) is 5.75 Å². The summed E-state index contributed by atoms with van der Waals surface area (Å²) in [7, 11) is 0. The van der Waals surface area contributed by atoms with Crippen LogP contribution in [0.4, 0.5) is 0 Å². The fraction of sp³-hybridized carbons (Fsp3) is 0.222. The third-order valence-electron chi connectivity index (χ3n) is 1.74. The van der Waals surface area contributed by atoms with Crippen molar-refractivity contribution in [3.05, 3.63) is 23.8 Å². The molecular formula is C9H10O2S. The van der Waals surface area contributed by atoms with Gasteiger partial charge in [0.15, 0.2) is 0 Å². The molecule has 0 aliphatic heterocycles. The quantitative estimate of drug-likeness (QED) is 0.542. The highest BCUT2D eigenvalue weighted by Gasteiger charge is 2.09. The van der Waals surface area contributed by atoms with E-state index in [1.54, 1.807) is 25.1 Å². The molecule has 1 aromatic rings. The van der Waals surface area contributed by atoms with Crippen LogP contribution in [0.1, 0.15) is 18.4 Å².